The molecule has 0 fully saturated rings. The molecule has 0 unspecified atom stereocenters. The second-order valence-corrected chi connectivity index (χ2v) is 5.55. The fraction of sp³-hybridized carbons (Fsp3) is 0.714. The molecule has 0 amide bonds. The van der Waals surface area contributed by atoms with Crippen molar-refractivity contribution in [3.05, 3.63) is 11.9 Å². The van der Waals surface area contributed by atoms with Gasteiger partial charge in [-0.25, -0.2) is 15.8 Å². The van der Waals surface area contributed by atoms with Crippen molar-refractivity contribution in [3.8, 4) is 0 Å². The van der Waals surface area contributed by atoms with Gasteiger partial charge in [0.15, 0.2) is 0 Å². The summed E-state index contributed by atoms with van der Waals surface area (Å²) in [7, 11) is 4.17. The first-order chi connectivity index (χ1) is 9.51. The summed E-state index contributed by atoms with van der Waals surface area (Å²) in [6.45, 7) is 9.38. The Labute approximate surface area is 122 Å². The lowest BCUT2D eigenvalue weighted by Crippen LogP contribution is -2.34. The van der Waals surface area contributed by atoms with Crippen LogP contribution in [-0.4, -0.2) is 48.6 Å². The largest absolute Gasteiger partial charge is 0.355 e. The van der Waals surface area contributed by atoms with Crippen LogP contribution >= 0.6 is 0 Å². The Bertz CT molecular complexity index is 405. The summed E-state index contributed by atoms with van der Waals surface area (Å²) in [5.74, 6) is 7.61. The molecule has 0 aliphatic carbocycles. The van der Waals surface area contributed by atoms with Crippen molar-refractivity contribution in [1.29, 1.82) is 0 Å². The number of aromatic nitrogens is 2. The highest BCUT2D eigenvalue weighted by Gasteiger charge is 2.19. The zero-order valence-corrected chi connectivity index (χ0v) is 13.3. The lowest BCUT2D eigenvalue weighted by molar-refractivity contribution is 0.412. The Morgan fingerprint density at radius 1 is 1.20 bits per heavy atom. The lowest BCUT2D eigenvalue weighted by Gasteiger charge is -2.28. The molecule has 0 atom stereocenters. The standard InChI is InChI=1S/C14H28N6/c1-6-7-20(9-8-19(4)5)14-12(11(2)3)13(18-15)16-10-17-14/h10-11H,6-9,15H2,1-5H3,(H,16,17,18). The quantitative estimate of drug-likeness (QED) is 0.557. The lowest BCUT2D eigenvalue weighted by atomic mass is 10.0. The number of nitrogens with two attached hydrogens (primary N) is 1. The summed E-state index contributed by atoms with van der Waals surface area (Å²) in [4.78, 5) is 13.2. The molecule has 0 aliphatic rings. The van der Waals surface area contributed by atoms with Gasteiger partial charge in [-0.1, -0.05) is 20.8 Å². The molecule has 6 nitrogen and oxygen atoms in total. The van der Waals surface area contributed by atoms with Crippen LogP contribution in [0.3, 0.4) is 0 Å². The van der Waals surface area contributed by atoms with E-state index in [1.165, 1.54) is 0 Å². The first-order valence-corrected chi connectivity index (χ1v) is 7.22. The van der Waals surface area contributed by atoms with Gasteiger partial charge in [0.2, 0.25) is 0 Å². The maximum absolute atomic E-state index is 5.59. The van der Waals surface area contributed by atoms with Gasteiger partial charge in [0.1, 0.15) is 18.0 Å². The molecular formula is C14H28N6. The average molecular weight is 280 g/mol. The number of anilines is 2. The second kappa shape index (κ2) is 8.01. The van der Waals surface area contributed by atoms with E-state index in [2.05, 4.69) is 60.1 Å². The molecule has 1 aromatic heterocycles. The molecule has 1 aromatic rings. The highest BCUT2D eigenvalue weighted by Crippen LogP contribution is 2.30. The van der Waals surface area contributed by atoms with Crippen LogP contribution in [0.2, 0.25) is 0 Å². The van der Waals surface area contributed by atoms with Crippen molar-refractivity contribution in [2.75, 3.05) is 44.1 Å². The summed E-state index contributed by atoms with van der Waals surface area (Å²) in [5.41, 5.74) is 3.78. The average Bonchev–Trinajstić information content (AvgIpc) is 2.42. The Morgan fingerprint density at radius 2 is 1.90 bits per heavy atom. The minimum atomic E-state index is 0.316. The van der Waals surface area contributed by atoms with E-state index in [-0.39, 0.29) is 0 Å². The summed E-state index contributed by atoms with van der Waals surface area (Å²) >= 11 is 0. The van der Waals surface area contributed by atoms with Gasteiger partial charge in [0.05, 0.1) is 0 Å². The Kier molecular flexibility index (Phi) is 6.67. The predicted molar refractivity (Wildman–Crippen MR) is 85.0 cm³/mol. The van der Waals surface area contributed by atoms with E-state index in [0.29, 0.717) is 5.92 Å². The molecular weight excluding hydrogens is 252 g/mol. The van der Waals surface area contributed by atoms with Crippen molar-refractivity contribution in [1.82, 2.24) is 14.9 Å². The summed E-state index contributed by atoms with van der Waals surface area (Å²) in [6.07, 6.45) is 2.66. The number of hydrazine groups is 1. The van der Waals surface area contributed by atoms with Crippen molar-refractivity contribution < 1.29 is 0 Å². The minimum absolute atomic E-state index is 0.316. The van der Waals surface area contributed by atoms with E-state index in [9.17, 15) is 0 Å². The fourth-order valence-corrected chi connectivity index (χ4v) is 2.20. The molecule has 3 N–H and O–H groups in total. The Morgan fingerprint density at radius 3 is 2.40 bits per heavy atom. The van der Waals surface area contributed by atoms with Crippen LogP contribution in [-0.2, 0) is 0 Å². The molecule has 6 heteroatoms. The topological polar surface area (TPSA) is 70.3 Å². The minimum Gasteiger partial charge on any atom is -0.355 e. The van der Waals surface area contributed by atoms with Crippen molar-refractivity contribution in [2.45, 2.75) is 33.1 Å². The number of hydrogen-bond acceptors (Lipinski definition) is 6. The number of nitrogens with one attached hydrogen (secondary N) is 1. The van der Waals surface area contributed by atoms with Crippen molar-refractivity contribution in [3.63, 3.8) is 0 Å². The summed E-state index contributed by atoms with van der Waals surface area (Å²) < 4.78 is 0. The maximum atomic E-state index is 5.59. The summed E-state index contributed by atoms with van der Waals surface area (Å²) in [5, 5.41) is 0. The number of hydrogen-bond donors (Lipinski definition) is 2. The zero-order valence-electron chi connectivity index (χ0n) is 13.3. The molecule has 20 heavy (non-hydrogen) atoms. The first-order valence-electron chi connectivity index (χ1n) is 7.22. The number of nitrogen functional groups attached to an aromatic ring is 1. The van der Waals surface area contributed by atoms with E-state index in [4.69, 9.17) is 5.84 Å². The van der Waals surface area contributed by atoms with Crippen molar-refractivity contribution in [2.24, 2.45) is 5.84 Å². The van der Waals surface area contributed by atoms with Gasteiger partial charge < -0.3 is 15.2 Å². The molecule has 0 saturated carbocycles. The van der Waals surface area contributed by atoms with Crippen LogP contribution in [0.4, 0.5) is 11.6 Å². The van der Waals surface area contributed by atoms with E-state index in [0.717, 1.165) is 43.3 Å². The normalized spacial score (nSPS) is 11.2. The number of rotatable bonds is 8. The van der Waals surface area contributed by atoms with Crippen LogP contribution < -0.4 is 16.2 Å². The second-order valence-electron chi connectivity index (χ2n) is 5.55. The van der Waals surface area contributed by atoms with Crippen LogP contribution in [0.15, 0.2) is 6.33 Å². The van der Waals surface area contributed by atoms with Crippen LogP contribution in [0.1, 0.15) is 38.7 Å². The van der Waals surface area contributed by atoms with Crippen LogP contribution in [0, 0.1) is 0 Å². The molecule has 0 bridgehead atoms. The monoisotopic (exact) mass is 280 g/mol. The van der Waals surface area contributed by atoms with Gasteiger partial charge >= 0.3 is 0 Å². The van der Waals surface area contributed by atoms with E-state index >= 15 is 0 Å². The van der Waals surface area contributed by atoms with Crippen LogP contribution in [0.25, 0.3) is 0 Å². The molecule has 0 radical (unpaired) electrons. The highest BCUT2D eigenvalue weighted by molar-refractivity contribution is 5.59. The number of likely N-dealkylation sites (N-methyl/N-ethyl adjacent to an activating group) is 1. The van der Waals surface area contributed by atoms with E-state index in [1.807, 2.05) is 0 Å². The van der Waals surface area contributed by atoms with Gasteiger partial charge in [-0.15, -0.1) is 0 Å². The fourth-order valence-electron chi connectivity index (χ4n) is 2.20. The molecule has 114 valence electrons. The summed E-state index contributed by atoms with van der Waals surface area (Å²) in [6, 6.07) is 0. The maximum Gasteiger partial charge on any atom is 0.148 e. The molecule has 0 aliphatic heterocycles. The SMILES string of the molecule is CCCN(CCN(C)C)c1ncnc(NN)c1C(C)C. The molecule has 0 aromatic carbocycles. The van der Waals surface area contributed by atoms with Gasteiger partial charge in [-0.05, 0) is 26.4 Å². The molecule has 1 rings (SSSR count). The van der Waals surface area contributed by atoms with Crippen molar-refractivity contribution >= 4 is 11.6 Å². The molecule has 0 saturated heterocycles. The van der Waals surface area contributed by atoms with Gasteiger partial charge in [-0.3, -0.25) is 0 Å². The predicted octanol–water partition coefficient (Wildman–Crippen LogP) is 1.66. The van der Waals surface area contributed by atoms with Gasteiger partial charge in [-0.2, -0.15) is 0 Å². The Hall–Kier alpha value is -1.40. The Balaban J connectivity index is 3.11. The first kappa shape index (κ1) is 16.7. The van der Waals surface area contributed by atoms with Crippen LogP contribution in [0.5, 0.6) is 0 Å². The highest BCUT2D eigenvalue weighted by atomic mass is 15.3. The third kappa shape index (κ3) is 4.31. The van der Waals surface area contributed by atoms with E-state index in [1.54, 1.807) is 6.33 Å². The third-order valence-corrected chi connectivity index (χ3v) is 3.19. The number of nitrogens with zero attached hydrogens (tertiary/aromatic N) is 4. The van der Waals surface area contributed by atoms with E-state index < -0.39 is 0 Å². The van der Waals surface area contributed by atoms with Gasteiger partial charge in [0, 0.05) is 25.2 Å². The van der Waals surface area contributed by atoms with Gasteiger partial charge in [0.25, 0.3) is 0 Å². The molecule has 1 heterocycles. The third-order valence-electron chi connectivity index (χ3n) is 3.19. The smallest absolute Gasteiger partial charge is 0.148 e. The zero-order chi connectivity index (χ0) is 15.1. The molecule has 0 spiro atoms.